The Morgan fingerprint density at radius 1 is 1.53 bits per heavy atom. The fourth-order valence-electron chi connectivity index (χ4n) is 2.00. The van der Waals surface area contributed by atoms with E-state index >= 15 is 0 Å². The van der Waals surface area contributed by atoms with Crippen molar-refractivity contribution in [3.05, 3.63) is 18.0 Å². The van der Waals surface area contributed by atoms with E-state index in [1.54, 1.807) is 4.68 Å². The van der Waals surface area contributed by atoms with Crippen LogP contribution < -0.4 is 0 Å². The third-order valence-electron chi connectivity index (χ3n) is 2.56. The lowest BCUT2D eigenvalue weighted by atomic mass is 9.89. The summed E-state index contributed by atoms with van der Waals surface area (Å²) in [5.41, 5.74) is 0.644. The highest BCUT2D eigenvalue weighted by Crippen LogP contribution is 2.21. The van der Waals surface area contributed by atoms with E-state index in [0.717, 1.165) is 19.3 Å². The molecule has 1 N–H and O–H groups in total. The minimum Gasteiger partial charge on any atom is -0.390 e. The monoisotopic (exact) mass is 210 g/mol. The largest absolute Gasteiger partial charge is 0.390 e. The second-order valence-electron chi connectivity index (χ2n) is 5.12. The quantitative estimate of drug-likeness (QED) is 0.808. The highest BCUT2D eigenvalue weighted by molar-refractivity contribution is 5.04. The van der Waals surface area contributed by atoms with E-state index in [1.165, 1.54) is 5.56 Å². The molecule has 0 saturated heterocycles. The van der Waals surface area contributed by atoms with Gasteiger partial charge in [0.25, 0.3) is 0 Å². The van der Waals surface area contributed by atoms with E-state index in [-0.39, 0.29) is 0 Å². The van der Waals surface area contributed by atoms with Gasteiger partial charge in [-0.25, -0.2) is 0 Å². The van der Waals surface area contributed by atoms with Crippen LogP contribution in [0, 0.1) is 5.92 Å². The van der Waals surface area contributed by atoms with Crippen molar-refractivity contribution in [3.63, 3.8) is 0 Å². The van der Waals surface area contributed by atoms with Gasteiger partial charge in [0.05, 0.1) is 11.8 Å². The molecule has 1 atom stereocenters. The van der Waals surface area contributed by atoms with Crippen LogP contribution >= 0.6 is 0 Å². The molecule has 0 fully saturated rings. The number of nitrogens with zero attached hydrogens (tertiary/aromatic N) is 2. The summed E-state index contributed by atoms with van der Waals surface area (Å²) in [5.74, 6) is 0.536. The third kappa shape index (κ3) is 4.47. The first-order valence-corrected chi connectivity index (χ1v) is 5.59. The molecule has 1 aromatic rings. The van der Waals surface area contributed by atoms with Gasteiger partial charge in [-0.1, -0.05) is 13.8 Å². The van der Waals surface area contributed by atoms with Gasteiger partial charge in [0.2, 0.25) is 0 Å². The minimum atomic E-state index is -0.552. The third-order valence-corrected chi connectivity index (χ3v) is 2.56. The molecule has 0 spiro atoms. The number of aryl methyl sites for hydroxylation is 2. The van der Waals surface area contributed by atoms with Gasteiger partial charge >= 0.3 is 0 Å². The zero-order valence-corrected chi connectivity index (χ0v) is 10.2. The molecule has 3 nitrogen and oxygen atoms in total. The Labute approximate surface area is 92.1 Å². The number of hydrogen-bond acceptors (Lipinski definition) is 2. The van der Waals surface area contributed by atoms with E-state index in [4.69, 9.17) is 0 Å². The average molecular weight is 210 g/mol. The van der Waals surface area contributed by atoms with Crippen LogP contribution in [0.15, 0.2) is 12.4 Å². The fraction of sp³-hybridized carbons (Fsp3) is 0.750. The Hall–Kier alpha value is -0.830. The average Bonchev–Trinajstić information content (AvgIpc) is 2.46. The normalized spacial score (nSPS) is 15.6. The van der Waals surface area contributed by atoms with Crippen LogP contribution in [0.4, 0.5) is 0 Å². The maximum absolute atomic E-state index is 10.1. The summed E-state index contributed by atoms with van der Waals surface area (Å²) in [6, 6.07) is 0. The Balaban J connectivity index is 2.42. The van der Waals surface area contributed by atoms with Gasteiger partial charge in [-0.15, -0.1) is 0 Å². The molecule has 0 aromatic carbocycles. The molecule has 0 bridgehead atoms. The van der Waals surface area contributed by atoms with E-state index in [1.807, 2.05) is 26.4 Å². The second kappa shape index (κ2) is 4.79. The van der Waals surface area contributed by atoms with Crippen LogP contribution in [0.3, 0.4) is 0 Å². The Morgan fingerprint density at radius 2 is 2.20 bits per heavy atom. The summed E-state index contributed by atoms with van der Waals surface area (Å²) < 4.78 is 1.80. The molecule has 0 aliphatic carbocycles. The van der Waals surface area contributed by atoms with Gasteiger partial charge in [-0.2, -0.15) is 5.10 Å². The molecule has 0 amide bonds. The van der Waals surface area contributed by atoms with Crippen molar-refractivity contribution in [3.8, 4) is 0 Å². The van der Waals surface area contributed by atoms with Crippen molar-refractivity contribution in [1.82, 2.24) is 9.78 Å². The summed E-state index contributed by atoms with van der Waals surface area (Å²) in [6.07, 6.45) is 6.43. The van der Waals surface area contributed by atoms with Crippen molar-refractivity contribution in [2.24, 2.45) is 13.0 Å². The van der Waals surface area contributed by atoms with E-state index in [2.05, 4.69) is 18.9 Å². The predicted molar refractivity (Wildman–Crippen MR) is 61.6 cm³/mol. The van der Waals surface area contributed by atoms with Gasteiger partial charge in [0.15, 0.2) is 0 Å². The van der Waals surface area contributed by atoms with Gasteiger partial charge in [0, 0.05) is 13.2 Å². The molecule has 1 unspecified atom stereocenters. The van der Waals surface area contributed by atoms with Gasteiger partial charge in [-0.05, 0) is 37.7 Å². The molecule has 15 heavy (non-hydrogen) atoms. The fourth-order valence-corrected chi connectivity index (χ4v) is 2.00. The molecular weight excluding hydrogens is 188 g/mol. The zero-order valence-electron chi connectivity index (χ0n) is 10.2. The van der Waals surface area contributed by atoms with Crippen LogP contribution in [0.1, 0.15) is 39.2 Å². The zero-order chi connectivity index (χ0) is 11.5. The highest BCUT2D eigenvalue weighted by Gasteiger charge is 2.21. The molecule has 3 heteroatoms. The molecule has 86 valence electrons. The smallest absolute Gasteiger partial charge is 0.0625 e. The number of hydrogen-bond donors (Lipinski definition) is 1. The topological polar surface area (TPSA) is 38.1 Å². The molecular formula is C12H22N2O. The lowest BCUT2D eigenvalue weighted by Crippen LogP contribution is -2.26. The maximum Gasteiger partial charge on any atom is 0.0625 e. The van der Waals surface area contributed by atoms with Crippen molar-refractivity contribution in [2.75, 3.05) is 0 Å². The summed E-state index contributed by atoms with van der Waals surface area (Å²) in [5, 5.41) is 14.2. The SMILES string of the molecule is CC(C)CC(C)(O)CCc1cnn(C)c1. The Morgan fingerprint density at radius 3 is 2.67 bits per heavy atom. The molecule has 0 aliphatic heterocycles. The number of aliphatic hydroxyl groups is 1. The first-order valence-electron chi connectivity index (χ1n) is 5.59. The predicted octanol–water partition coefficient (Wildman–Crippen LogP) is 2.15. The first kappa shape index (κ1) is 12.2. The molecule has 0 saturated carbocycles. The first-order chi connectivity index (χ1) is 6.89. The summed E-state index contributed by atoms with van der Waals surface area (Å²) >= 11 is 0. The summed E-state index contributed by atoms with van der Waals surface area (Å²) in [4.78, 5) is 0. The number of aromatic nitrogens is 2. The maximum atomic E-state index is 10.1. The van der Waals surface area contributed by atoms with Crippen molar-refractivity contribution in [2.45, 2.75) is 45.6 Å². The van der Waals surface area contributed by atoms with Crippen LogP contribution in [0.5, 0.6) is 0 Å². The molecule has 1 aromatic heterocycles. The molecule has 1 rings (SSSR count). The van der Waals surface area contributed by atoms with Gasteiger partial charge in [0.1, 0.15) is 0 Å². The highest BCUT2D eigenvalue weighted by atomic mass is 16.3. The van der Waals surface area contributed by atoms with E-state index in [0.29, 0.717) is 5.92 Å². The lowest BCUT2D eigenvalue weighted by Gasteiger charge is -2.24. The Bertz CT molecular complexity index is 302. The molecule has 0 aliphatic rings. The van der Waals surface area contributed by atoms with Crippen LogP contribution in [-0.4, -0.2) is 20.5 Å². The van der Waals surface area contributed by atoms with Crippen molar-refractivity contribution >= 4 is 0 Å². The minimum absolute atomic E-state index is 0.536. The lowest BCUT2D eigenvalue weighted by molar-refractivity contribution is 0.0302. The summed E-state index contributed by atoms with van der Waals surface area (Å²) in [7, 11) is 1.91. The van der Waals surface area contributed by atoms with E-state index < -0.39 is 5.60 Å². The molecule has 1 heterocycles. The van der Waals surface area contributed by atoms with Crippen LogP contribution in [0.25, 0.3) is 0 Å². The number of rotatable bonds is 5. The Kier molecular flexibility index (Phi) is 3.91. The summed E-state index contributed by atoms with van der Waals surface area (Å²) in [6.45, 7) is 6.19. The van der Waals surface area contributed by atoms with Crippen LogP contribution in [0.2, 0.25) is 0 Å². The van der Waals surface area contributed by atoms with E-state index in [9.17, 15) is 5.11 Å². The van der Waals surface area contributed by atoms with Crippen molar-refractivity contribution < 1.29 is 5.11 Å². The molecule has 0 radical (unpaired) electrons. The van der Waals surface area contributed by atoms with Gasteiger partial charge in [-0.3, -0.25) is 4.68 Å². The van der Waals surface area contributed by atoms with Gasteiger partial charge < -0.3 is 5.11 Å². The second-order valence-corrected chi connectivity index (χ2v) is 5.12. The standard InChI is InChI=1S/C12H22N2O/c1-10(2)7-12(3,15)6-5-11-8-13-14(4)9-11/h8-10,15H,5-7H2,1-4H3. The van der Waals surface area contributed by atoms with Crippen molar-refractivity contribution in [1.29, 1.82) is 0 Å². The van der Waals surface area contributed by atoms with Crippen LogP contribution in [-0.2, 0) is 13.5 Å².